The summed E-state index contributed by atoms with van der Waals surface area (Å²) < 4.78 is 14.4. The monoisotopic (exact) mass is 222 g/mol. The Kier molecular flexibility index (Phi) is 2.82. The van der Waals surface area contributed by atoms with Gasteiger partial charge < -0.3 is 9.47 Å². The van der Waals surface area contributed by atoms with Crippen molar-refractivity contribution in [3.63, 3.8) is 0 Å². The van der Waals surface area contributed by atoms with Gasteiger partial charge in [-0.15, -0.1) is 5.10 Å². The molecule has 4 nitrogen and oxygen atoms in total. The maximum Gasteiger partial charge on any atom is 0.223 e. The molecule has 0 aliphatic heterocycles. The summed E-state index contributed by atoms with van der Waals surface area (Å²) in [5.41, 5.74) is 0.802. The van der Waals surface area contributed by atoms with Crippen LogP contribution in [0.5, 0.6) is 16.6 Å². The Bertz CT molecular complexity index is 439. The van der Waals surface area contributed by atoms with Gasteiger partial charge in [-0.2, -0.15) is 0 Å². The van der Waals surface area contributed by atoms with E-state index in [-0.39, 0.29) is 0 Å². The Morgan fingerprint density at radius 2 is 1.80 bits per heavy atom. The second-order valence-corrected chi connectivity index (χ2v) is 3.64. The largest absolute Gasteiger partial charge is 0.497 e. The molecule has 0 spiro atoms. The highest BCUT2D eigenvalue weighted by Crippen LogP contribution is 2.27. The summed E-state index contributed by atoms with van der Waals surface area (Å²) in [5.74, 6) is 1.56. The quantitative estimate of drug-likeness (QED) is 0.800. The van der Waals surface area contributed by atoms with Crippen LogP contribution >= 0.6 is 11.5 Å². The summed E-state index contributed by atoms with van der Waals surface area (Å²) in [6, 6.07) is 7.38. The fourth-order valence-corrected chi connectivity index (χ4v) is 1.61. The van der Waals surface area contributed by atoms with Crippen molar-refractivity contribution in [1.82, 2.24) is 9.59 Å². The van der Waals surface area contributed by atoms with E-state index in [1.54, 1.807) is 7.11 Å². The molecule has 0 aliphatic carbocycles. The smallest absolute Gasteiger partial charge is 0.223 e. The van der Waals surface area contributed by atoms with Crippen molar-refractivity contribution in [3.8, 4) is 16.6 Å². The maximum atomic E-state index is 5.59. The van der Waals surface area contributed by atoms with Crippen molar-refractivity contribution in [3.05, 3.63) is 30.0 Å². The average molecular weight is 222 g/mol. The number of benzene rings is 1. The van der Waals surface area contributed by atoms with E-state index in [9.17, 15) is 0 Å². The molecule has 0 unspecified atom stereocenters. The Balaban J connectivity index is 2.14. The first-order valence-corrected chi connectivity index (χ1v) is 5.18. The van der Waals surface area contributed by atoms with E-state index in [4.69, 9.17) is 9.47 Å². The van der Waals surface area contributed by atoms with Gasteiger partial charge in [0.25, 0.3) is 0 Å². The molecule has 1 aromatic heterocycles. The van der Waals surface area contributed by atoms with Crippen molar-refractivity contribution in [2.24, 2.45) is 0 Å². The first kappa shape index (κ1) is 9.92. The van der Waals surface area contributed by atoms with Crippen LogP contribution in [0.2, 0.25) is 0 Å². The molecular weight excluding hydrogens is 212 g/mol. The number of rotatable bonds is 3. The van der Waals surface area contributed by atoms with Crippen LogP contribution in [-0.4, -0.2) is 16.7 Å². The molecule has 0 saturated heterocycles. The lowest BCUT2D eigenvalue weighted by Gasteiger charge is -2.03. The van der Waals surface area contributed by atoms with Crippen LogP contribution in [-0.2, 0) is 0 Å². The zero-order valence-corrected chi connectivity index (χ0v) is 9.25. The van der Waals surface area contributed by atoms with Crippen LogP contribution in [0.25, 0.3) is 0 Å². The highest BCUT2D eigenvalue weighted by molar-refractivity contribution is 7.07. The molecule has 78 valence electrons. The SMILES string of the molecule is COc1ccc(Oc2snnc2C)cc1. The van der Waals surface area contributed by atoms with Gasteiger partial charge in [0, 0.05) is 11.5 Å². The first-order valence-electron chi connectivity index (χ1n) is 4.40. The molecular formula is C10H10N2O2S. The molecule has 0 N–H and O–H groups in total. The second-order valence-electron chi connectivity index (χ2n) is 2.92. The normalized spacial score (nSPS) is 10.0. The molecule has 0 bridgehead atoms. The number of aryl methyl sites for hydroxylation is 1. The van der Waals surface area contributed by atoms with Gasteiger partial charge in [-0.05, 0) is 31.2 Å². The van der Waals surface area contributed by atoms with Crippen LogP contribution in [0.1, 0.15) is 5.69 Å². The molecule has 1 aromatic carbocycles. The van der Waals surface area contributed by atoms with Gasteiger partial charge in [-0.25, -0.2) is 0 Å². The third-order valence-corrected chi connectivity index (χ3v) is 2.59. The van der Waals surface area contributed by atoms with Crippen molar-refractivity contribution >= 4 is 11.5 Å². The van der Waals surface area contributed by atoms with Crippen molar-refractivity contribution in [2.45, 2.75) is 6.92 Å². The minimum atomic E-state index is 0.722. The standard InChI is InChI=1S/C10H10N2O2S/c1-7-10(15-12-11-7)14-9-5-3-8(13-2)4-6-9/h3-6H,1-2H3. The van der Waals surface area contributed by atoms with Gasteiger partial charge >= 0.3 is 0 Å². The molecule has 0 atom stereocenters. The summed E-state index contributed by atoms with van der Waals surface area (Å²) in [6.07, 6.45) is 0. The third kappa shape index (κ3) is 2.24. The van der Waals surface area contributed by atoms with Crippen LogP contribution in [0.4, 0.5) is 0 Å². The topological polar surface area (TPSA) is 44.2 Å². The zero-order valence-electron chi connectivity index (χ0n) is 8.43. The number of hydrogen-bond acceptors (Lipinski definition) is 5. The molecule has 5 heteroatoms. The van der Waals surface area contributed by atoms with E-state index in [2.05, 4.69) is 9.59 Å². The molecule has 1 heterocycles. The summed E-state index contributed by atoms with van der Waals surface area (Å²) in [7, 11) is 1.63. The summed E-state index contributed by atoms with van der Waals surface area (Å²) >= 11 is 1.24. The molecule has 0 amide bonds. The van der Waals surface area contributed by atoms with Crippen LogP contribution in [0.3, 0.4) is 0 Å². The van der Waals surface area contributed by atoms with E-state index in [0.717, 1.165) is 22.3 Å². The Morgan fingerprint density at radius 1 is 1.13 bits per heavy atom. The fourth-order valence-electron chi connectivity index (χ4n) is 1.07. The number of ether oxygens (including phenoxy) is 2. The summed E-state index contributed by atoms with van der Waals surface area (Å²) in [5, 5.41) is 4.59. The molecule has 2 rings (SSSR count). The summed E-state index contributed by atoms with van der Waals surface area (Å²) in [4.78, 5) is 0. The molecule has 0 fully saturated rings. The lowest BCUT2D eigenvalue weighted by atomic mass is 10.3. The predicted molar refractivity (Wildman–Crippen MR) is 57.7 cm³/mol. The van der Waals surface area contributed by atoms with Gasteiger partial charge in [-0.1, -0.05) is 4.49 Å². The van der Waals surface area contributed by atoms with E-state index in [1.165, 1.54) is 11.5 Å². The van der Waals surface area contributed by atoms with Crippen molar-refractivity contribution in [1.29, 1.82) is 0 Å². The Labute approximate surface area is 91.6 Å². The van der Waals surface area contributed by atoms with Gasteiger partial charge in [0.05, 0.1) is 7.11 Å². The molecule has 0 radical (unpaired) electrons. The van der Waals surface area contributed by atoms with Crippen LogP contribution in [0.15, 0.2) is 24.3 Å². The van der Waals surface area contributed by atoms with E-state index >= 15 is 0 Å². The van der Waals surface area contributed by atoms with E-state index in [1.807, 2.05) is 31.2 Å². The maximum absolute atomic E-state index is 5.59. The highest BCUT2D eigenvalue weighted by Gasteiger charge is 2.05. The zero-order chi connectivity index (χ0) is 10.7. The van der Waals surface area contributed by atoms with E-state index < -0.39 is 0 Å². The Hall–Kier alpha value is -1.62. The molecule has 0 aliphatic rings. The van der Waals surface area contributed by atoms with Gasteiger partial charge in [0.2, 0.25) is 5.06 Å². The average Bonchev–Trinajstić information content (AvgIpc) is 2.66. The minimum Gasteiger partial charge on any atom is -0.497 e. The lowest BCUT2D eigenvalue weighted by molar-refractivity contribution is 0.413. The third-order valence-electron chi connectivity index (χ3n) is 1.88. The highest BCUT2D eigenvalue weighted by atomic mass is 32.1. The fraction of sp³-hybridized carbons (Fsp3) is 0.200. The Morgan fingerprint density at radius 3 is 2.33 bits per heavy atom. The van der Waals surface area contributed by atoms with Crippen LogP contribution < -0.4 is 9.47 Å². The lowest BCUT2D eigenvalue weighted by Crippen LogP contribution is -1.85. The van der Waals surface area contributed by atoms with E-state index in [0.29, 0.717) is 0 Å². The number of aromatic nitrogens is 2. The van der Waals surface area contributed by atoms with Crippen molar-refractivity contribution < 1.29 is 9.47 Å². The molecule has 2 aromatic rings. The first-order chi connectivity index (χ1) is 7.29. The summed E-state index contributed by atoms with van der Waals surface area (Å²) in [6.45, 7) is 1.86. The molecule has 15 heavy (non-hydrogen) atoms. The number of hydrogen-bond donors (Lipinski definition) is 0. The number of nitrogens with zero attached hydrogens (tertiary/aromatic N) is 2. The van der Waals surface area contributed by atoms with Crippen LogP contribution in [0, 0.1) is 6.92 Å². The second kappa shape index (κ2) is 4.27. The minimum absolute atomic E-state index is 0.722. The van der Waals surface area contributed by atoms with Gasteiger partial charge in [-0.3, -0.25) is 0 Å². The van der Waals surface area contributed by atoms with Gasteiger partial charge in [0.15, 0.2) is 0 Å². The predicted octanol–water partition coefficient (Wildman–Crippen LogP) is 2.65. The molecule has 0 saturated carbocycles. The van der Waals surface area contributed by atoms with Crippen molar-refractivity contribution in [2.75, 3.05) is 7.11 Å². The number of methoxy groups -OCH3 is 1. The van der Waals surface area contributed by atoms with Gasteiger partial charge in [0.1, 0.15) is 17.2 Å².